The summed E-state index contributed by atoms with van der Waals surface area (Å²) in [5.41, 5.74) is 9.30. The molecule has 1 fully saturated rings. The summed E-state index contributed by atoms with van der Waals surface area (Å²) in [6.45, 7) is 0. The van der Waals surface area contributed by atoms with Gasteiger partial charge < -0.3 is 8.83 Å². The molecular formula is C45H31N3O2S. The topological polar surface area (TPSA) is 62.4 Å². The summed E-state index contributed by atoms with van der Waals surface area (Å²) in [6, 6.07) is 53.6. The molecule has 0 saturated carbocycles. The summed E-state index contributed by atoms with van der Waals surface area (Å²) in [4.78, 5) is 0. The Morgan fingerprint density at radius 2 is 1.12 bits per heavy atom. The van der Waals surface area contributed by atoms with Gasteiger partial charge in [-0.1, -0.05) is 127 Å². The first-order chi connectivity index (χ1) is 25.3. The van der Waals surface area contributed by atoms with Crippen LogP contribution in [0, 0.1) is 0 Å². The van der Waals surface area contributed by atoms with Crippen molar-refractivity contribution in [3.63, 3.8) is 0 Å². The van der Waals surface area contributed by atoms with Crippen molar-refractivity contribution in [3.05, 3.63) is 168 Å². The fraction of sp³-hybridized carbons (Fsp3) is 0.0667. The first kappa shape index (κ1) is 29.0. The third-order valence-corrected chi connectivity index (χ3v) is 11.6. The fourth-order valence-electron chi connectivity index (χ4n) is 8.06. The lowest BCUT2D eigenvalue weighted by molar-refractivity contribution is 0.204. The zero-order chi connectivity index (χ0) is 33.5. The highest BCUT2D eigenvalue weighted by Crippen LogP contribution is 2.44. The molecule has 0 radical (unpaired) electrons. The van der Waals surface area contributed by atoms with Crippen LogP contribution >= 0.6 is 11.3 Å². The first-order valence-corrected chi connectivity index (χ1v) is 18.2. The maximum Gasteiger partial charge on any atom is 0.143 e. The number of thiophene rings is 1. The van der Waals surface area contributed by atoms with E-state index in [1.54, 1.807) is 0 Å². The number of furan rings is 2. The molecule has 1 aliphatic rings. The van der Waals surface area contributed by atoms with Crippen molar-refractivity contribution in [2.24, 2.45) is 0 Å². The van der Waals surface area contributed by atoms with Gasteiger partial charge in [-0.05, 0) is 41.0 Å². The third-order valence-electron chi connectivity index (χ3n) is 10.4. The highest BCUT2D eigenvalue weighted by atomic mass is 32.1. The van der Waals surface area contributed by atoms with Crippen molar-refractivity contribution < 1.29 is 8.83 Å². The van der Waals surface area contributed by atoms with Gasteiger partial charge in [-0.2, -0.15) is 0 Å². The van der Waals surface area contributed by atoms with E-state index in [9.17, 15) is 0 Å². The summed E-state index contributed by atoms with van der Waals surface area (Å²) in [7, 11) is 0. The Balaban J connectivity index is 1.03. The molecule has 0 aliphatic carbocycles. The molecule has 0 bridgehead atoms. The second-order valence-corrected chi connectivity index (χ2v) is 14.4. The smallest absolute Gasteiger partial charge is 0.143 e. The number of benzene rings is 7. The average Bonchev–Trinajstić information content (AvgIpc) is 3.89. The molecule has 1 saturated heterocycles. The van der Waals surface area contributed by atoms with Gasteiger partial charge in [0.2, 0.25) is 0 Å². The standard InChI is InChI=1S/C45H31N3O2S/c1-2-11-26(12-3-1)43-46-44(48-45(47-43)35-19-10-21-37-40(35)34-14-4-6-20-36(34)49-37)27-23-24-28-30-15-8-16-31(41(30)50-38(28)25-27)33-18-9-17-32-29-13-5-7-22-39(29)51-42(32)33/h1-25,43-48H. The molecule has 4 heterocycles. The van der Waals surface area contributed by atoms with Crippen LogP contribution in [0.4, 0.5) is 0 Å². The van der Waals surface area contributed by atoms with E-state index >= 15 is 0 Å². The van der Waals surface area contributed by atoms with Crippen LogP contribution in [-0.2, 0) is 0 Å². The van der Waals surface area contributed by atoms with E-state index < -0.39 is 0 Å². The van der Waals surface area contributed by atoms with Crippen LogP contribution in [0.25, 0.3) is 75.2 Å². The molecule has 3 N–H and O–H groups in total. The van der Waals surface area contributed by atoms with Crippen LogP contribution < -0.4 is 16.0 Å². The third kappa shape index (κ3) is 4.58. The molecule has 3 atom stereocenters. The molecule has 7 aromatic carbocycles. The zero-order valence-corrected chi connectivity index (χ0v) is 28.2. The van der Waals surface area contributed by atoms with Gasteiger partial charge in [0.1, 0.15) is 22.3 Å². The summed E-state index contributed by atoms with van der Waals surface area (Å²) < 4.78 is 15.7. The molecule has 0 amide bonds. The number of hydrogen-bond donors (Lipinski definition) is 3. The minimum absolute atomic E-state index is 0.101. The van der Waals surface area contributed by atoms with E-state index in [2.05, 4.69) is 155 Å². The lowest BCUT2D eigenvalue weighted by Crippen LogP contribution is -2.54. The molecule has 3 unspecified atom stereocenters. The maximum absolute atomic E-state index is 6.83. The van der Waals surface area contributed by atoms with Crippen molar-refractivity contribution in [1.82, 2.24) is 16.0 Å². The van der Waals surface area contributed by atoms with Crippen molar-refractivity contribution in [1.29, 1.82) is 0 Å². The highest BCUT2D eigenvalue weighted by molar-refractivity contribution is 7.26. The minimum Gasteiger partial charge on any atom is -0.456 e. The van der Waals surface area contributed by atoms with Crippen LogP contribution in [0.2, 0.25) is 0 Å². The quantitative estimate of drug-likeness (QED) is 0.173. The second-order valence-electron chi connectivity index (χ2n) is 13.3. The van der Waals surface area contributed by atoms with Crippen molar-refractivity contribution in [3.8, 4) is 11.1 Å². The Kier molecular flexibility index (Phi) is 6.48. The molecule has 51 heavy (non-hydrogen) atoms. The SMILES string of the molecule is c1ccc(C2NC(c3ccc4c(c3)oc3c(-c5cccc6c5sc5ccccc56)cccc34)NC(c3cccc4oc5ccccc5c34)N2)cc1. The number of hydrogen-bond acceptors (Lipinski definition) is 6. The number of fused-ring (bicyclic) bond motifs is 9. The molecule has 6 heteroatoms. The lowest BCUT2D eigenvalue weighted by atomic mass is 9.99. The van der Waals surface area contributed by atoms with E-state index in [0.29, 0.717) is 0 Å². The summed E-state index contributed by atoms with van der Waals surface area (Å²) in [6.07, 6.45) is -0.430. The van der Waals surface area contributed by atoms with Crippen LogP contribution in [0.15, 0.2) is 160 Å². The Morgan fingerprint density at radius 3 is 2.02 bits per heavy atom. The number of nitrogens with one attached hydrogen (secondary N) is 3. The summed E-state index contributed by atoms with van der Waals surface area (Å²) in [5, 5.41) is 18.7. The highest BCUT2D eigenvalue weighted by Gasteiger charge is 2.31. The Hall–Kier alpha value is -5.76. The Morgan fingerprint density at radius 1 is 0.431 bits per heavy atom. The fourth-order valence-corrected chi connectivity index (χ4v) is 9.29. The molecule has 0 spiro atoms. The van der Waals surface area contributed by atoms with Gasteiger partial charge in [-0.25, -0.2) is 0 Å². The number of para-hydroxylation sites is 2. The summed E-state index contributed by atoms with van der Waals surface area (Å²) in [5.74, 6) is 0. The van der Waals surface area contributed by atoms with Crippen LogP contribution in [0.5, 0.6) is 0 Å². The van der Waals surface area contributed by atoms with E-state index in [1.807, 2.05) is 23.5 Å². The van der Waals surface area contributed by atoms with Crippen molar-refractivity contribution >= 4 is 75.4 Å². The molecule has 5 nitrogen and oxygen atoms in total. The van der Waals surface area contributed by atoms with Gasteiger partial charge in [0.05, 0.1) is 18.5 Å². The zero-order valence-electron chi connectivity index (χ0n) is 27.4. The van der Waals surface area contributed by atoms with Gasteiger partial charge in [0.25, 0.3) is 0 Å². The predicted molar refractivity (Wildman–Crippen MR) is 210 cm³/mol. The van der Waals surface area contributed by atoms with E-state index in [1.165, 1.54) is 31.3 Å². The average molecular weight is 678 g/mol. The lowest BCUT2D eigenvalue weighted by Gasteiger charge is -2.39. The van der Waals surface area contributed by atoms with Crippen molar-refractivity contribution in [2.75, 3.05) is 0 Å². The second kappa shape index (κ2) is 11.4. The van der Waals surface area contributed by atoms with Gasteiger partial charge in [-0.3, -0.25) is 16.0 Å². The van der Waals surface area contributed by atoms with Gasteiger partial charge in [0, 0.05) is 52.8 Å². The number of rotatable bonds is 4. The van der Waals surface area contributed by atoms with Crippen LogP contribution in [0.1, 0.15) is 35.2 Å². The van der Waals surface area contributed by atoms with Crippen LogP contribution in [-0.4, -0.2) is 0 Å². The molecule has 11 rings (SSSR count). The molecule has 3 aromatic heterocycles. The van der Waals surface area contributed by atoms with Gasteiger partial charge in [0.15, 0.2) is 0 Å². The van der Waals surface area contributed by atoms with Crippen LogP contribution in [0.3, 0.4) is 0 Å². The van der Waals surface area contributed by atoms with E-state index in [-0.39, 0.29) is 18.5 Å². The van der Waals surface area contributed by atoms with Gasteiger partial charge in [-0.15, -0.1) is 11.3 Å². The molecule has 10 aromatic rings. The van der Waals surface area contributed by atoms with Crippen molar-refractivity contribution in [2.45, 2.75) is 18.5 Å². The maximum atomic E-state index is 6.83. The predicted octanol–water partition coefficient (Wildman–Crippen LogP) is 11.7. The minimum atomic E-state index is -0.167. The van der Waals surface area contributed by atoms with Gasteiger partial charge >= 0.3 is 0 Å². The Labute approximate surface area is 297 Å². The van der Waals surface area contributed by atoms with E-state index in [4.69, 9.17) is 8.83 Å². The molecule has 1 aliphatic heterocycles. The largest absolute Gasteiger partial charge is 0.456 e. The Bertz CT molecular complexity index is 2940. The summed E-state index contributed by atoms with van der Waals surface area (Å²) >= 11 is 1.85. The monoisotopic (exact) mass is 677 g/mol. The normalized spacial score (nSPS) is 18.2. The first-order valence-electron chi connectivity index (χ1n) is 17.4. The molecular weight excluding hydrogens is 647 g/mol. The molecule has 244 valence electrons. The van der Waals surface area contributed by atoms with E-state index in [0.717, 1.165) is 60.6 Å².